The monoisotopic (exact) mass is 688 g/mol. The second-order valence-corrected chi connectivity index (χ2v) is 14.3. The van der Waals surface area contributed by atoms with E-state index in [1.807, 2.05) is 0 Å². The fraction of sp³-hybridized carbons (Fsp3) is 0.421. The van der Waals surface area contributed by atoms with Gasteiger partial charge in [0.25, 0.3) is 5.91 Å². The fourth-order valence-electron chi connectivity index (χ4n) is 7.01. The van der Waals surface area contributed by atoms with Gasteiger partial charge in [0, 0.05) is 64.5 Å². The van der Waals surface area contributed by atoms with Crippen molar-refractivity contribution in [2.45, 2.75) is 75.4 Å². The van der Waals surface area contributed by atoms with Crippen LogP contribution in [0.2, 0.25) is 0 Å². The molecule has 7 rings (SSSR count). The van der Waals surface area contributed by atoms with Crippen LogP contribution in [0, 0.1) is 24.5 Å². The van der Waals surface area contributed by atoms with Crippen molar-refractivity contribution in [1.82, 2.24) is 15.6 Å². The van der Waals surface area contributed by atoms with Gasteiger partial charge in [-0.1, -0.05) is 5.57 Å². The van der Waals surface area contributed by atoms with E-state index in [-0.39, 0.29) is 53.6 Å². The highest BCUT2D eigenvalue weighted by Gasteiger charge is 2.51. The number of carbonyl (C=O) groups excluding carboxylic acids is 3. The minimum atomic E-state index is -1.45. The summed E-state index contributed by atoms with van der Waals surface area (Å²) < 4.78 is 55.3. The number of primary amides is 1. The van der Waals surface area contributed by atoms with Gasteiger partial charge < -0.3 is 30.6 Å². The van der Waals surface area contributed by atoms with Crippen LogP contribution in [0.4, 0.5) is 13.2 Å². The first-order chi connectivity index (χ1) is 23.8. The van der Waals surface area contributed by atoms with Crippen molar-refractivity contribution >= 4 is 29.9 Å². The van der Waals surface area contributed by atoms with Crippen LogP contribution < -0.4 is 36.3 Å². The summed E-state index contributed by atoms with van der Waals surface area (Å²) in [6.45, 7) is 2.98. The molecule has 2 amide bonds. The summed E-state index contributed by atoms with van der Waals surface area (Å²) in [4.78, 5) is 44.1. The fourth-order valence-corrected chi connectivity index (χ4v) is 7.01. The molecule has 0 saturated heterocycles. The van der Waals surface area contributed by atoms with Gasteiger partial charge in [0.1, 0.15) is 35.5 Å². The number of nitrogens with two attached hydrogens (primary N) is 1. The topological polar surface area (TPSA) is 133 Å². The van der Waals surface area contributed by atoms with Gasteiger partial charge in [-0.25, -0.2) is 18.2 Å². The van der Waals surface area contributed by atoms with Crippen molar-refractivity contribution in [3.05, 3.63) is 74.8 Å². The van der Waals surface area contributed by atoms with Gasteiger partial charge in [-0.05, 0) is 81.3 Å². The largest absolute Gasteiger partial charge is 0.496 e. The Morgan fingerprint density at radius 3 is 2.50 bits per heavy atom. The number of nitrogens with one attached hydrogen (secondary N) is 2. The summed E-state index contributed by atoms with van der Waals surface area (Å²) in [5.74, 6) is -3.94. The van der Waals surface area contributed by atoms with Gasteiger partial charge in [-0.2, -0.15) is 0 Å². The molecule has 2 aromatic carbocycles. The molecular weight excluding hydrogens is 649 g/mol. The molecule has 3 aromatic rings. The number of hydrogen-bond acceptors (Lipinski definition) is 7. The second kappa shape index (κ2) is 12.2. The predicted molar refractivity (Wildman–Crippen MR) is 179 cm³/mol. The van der Waals surface area contributed by atoms with Gasteiger partial charge >= 0.3 is 0 Å². The number of benzene rings is 2. The lowest BCUT2D eigenvalue weighted by molar-refractivity contribution is -0.123. The molecule has 1 aliphatic heterocycles. The number of alkyl halides is 1. The molecule has 262 valence electrons. The lowest BCUT2D eigenvalue weighted by Crippen LogP contribution is -2.44. The number of carbonyl (C=O) groups is 3. The van der Waals surface area contributed by atoms with E-state index in [1.54, 1.807) is 31.3 Å². The molecule has 2 atom stereocenters. The van der Waals surface area contributed by atoms with Crippen molar-refractivity contribution in [2.75, 3.05) is 20.3 Å². The van der Waals surface area contributed by atoms with Crippen molar-refractivity contribution in [3.63, 3.8) is 0 Å². The van der Waals surface area contributed by atoms with E-state index < -0.39 is 40.1 Å². The van der Waals surface area contributed by atoms with Crippen LogP contribution in [0.3, 0.4) is 0 Å². The molecule has 4 aliphatic rings. The number of methoxy groups -OCH3 is 1. The van der Waals surface area contributed by atoms with Gasteiger partial charge in [-0.3, -0.25) is 9.59 Å². The smallest absolute Gasteiger partial charge is 0.251 e. The summed E-state index contributed by atoms with van der Waals surface area (Å²) in [5.41, 5.74) is 6.30. The highest BCUT2D eigenvalue weighted by atomic mass is 19.2. The Bertz CT molecular complexity index is 2050. The third-order valence-electron chi connectivity index (χ3n) is 10.6. The van der Waals surface area contributed by atoms with Crippen LogP contribution in [-0.2, 0) is 20.4 Å². The number of aldehydes is 1. The van der Waals surface area contributed by atoms with E-state index in [1.165, 1.54) is 20.1 Å². The number of hydrogen-bond donors (Lipinski definition) is 3. The molecule has 3 saturated carbocycles. The second-order valence-electron chi connectivity index (χ2n) is 14.3. The lowest BCUT2D eigenvalue weighted by Gasteiger charge is -2.33. The first-order valence-corrected chi connectivity index (χ1v) is 16.9. The number of ether oxygens (including phenoxy) is 2. The van der Waals surface area contributed by atoms with Gasteiger partial charge in [0.05, 0.1) is 12.8 Å². The van der Waals surface area contributed by atoms with Crippen molar-refractivity contribution in [1.29, 1.82) is 0 Å². The average molecular weight is 689 g/mol. The van der Waals surface area contributed by atoms with Crippen LogP contribution >= 0.6 is 0 Å². The number of aromatic nitrogens is 1. The Morgan fingerprint density at radius 1 is 1.16 bits per heavy atom. The van der Waals surface area contributed by atoms with Crippen LogP contribution in [0.1, 0.15) is 79.0 Å². The predicted octanol–water partition coefficient (Wildman–Crippen LogP) is 3.88. The molecule has 0 unspecified atom stereocenters. The van der Waals surface area contributed by atoms with E-state index in [4.69, 9.17) is 20.2 Å². The lowest BCUT2D eigenvalue weighted by atomic mass is 9.73. The van der Waals surface area contributed by atoms with E-state index in [0.717, 1.165) is 48.8 Å². The highest BCUT2D eigenvalue weighted by molar-refractivity contribution is 5.95. The summed E-state index contributed by atoms with van der Waals surface area (Å²) in [6.07, 6.45) is 6.45. The van der Waals surface area contributed by atoms with Gasteiger partial charge in [-0.15, -0.1) is 0 Å². The Kier molecular flexibility index (Phi) is 8.18. The van der Waals surface area contributed by atoms with Crippen molar-refractivity contribution in [3.8, 4) is 22.8 Å². The maximum absolute atomic E-state index is 14.7. The molecular formula is C38H39F3N4O5. The number of amides is 2. The molecule has 50 heavy (non-hydrogen) atoms. The van der Waals surface area contributed by atoms with Crippen molar-refractivity contribution < 1.29 is 37.0 Å². The number of nitrogens with zero attached hydrogens (tertiary/aromatic N) is 1. The number of rotatable bonds is 12. The summed E-state index contributed by atoms with van der Waals surface area (Å²) in [5, 5.41) is 7.36. The molecule has 0 spiro atoms. The zero-order valence-electron chi connectivity index (χ0n) is 28.2. The molecule has 3 fully saturated rings. The van der Waals surface area contributed by atoms with Crippen LogP contribution in [-0.4, -0.2) is 49.1 Å². The van der Waals surface area contributed by atoms with Crippen LogP contribution in [0.5, 0.6) is 11.5 Å². The van der Waals surface area contributed by atoms with E-state index in [0.29, 0.717) is 35.1 Å². The van der Waals surface area contributed by atoms with E-state index in [9.17, 15) is 27.6 Å². The standard InChI is InChI=1S/C38H39F3N4O5/c1-20-12-22(14-27(39)31(20)40)32-33-26(36(2,19-50-33)35(42)48)16-29(45-32)37(10-11-46,25-6-7-25)18-43-34(47)23-13-24(17-44-38(41)8-9-38)30(21-4-5-21)28(15-23)49-3/h11-17,25,44H,4-10,18-19H2,1-3H3,(H2,42,48)(H,43,47)/b24-17-/t36-,37-/m0/s1. The zero-order valence-corrected chi connectivity index (χ0v) is 28.2. The third kappa shape index (κ3) is 5.88. The Morgan fingerprint density at radius 2 is 1.90 bits per heavy atom. The number of fused-ring (bicyclic) bond motifs is 1. The maximum atomic E-state index is 14.7. The maximum Gasteiger partial charge on any atom is 0.251 e. The highest BCUT2D eigenvalue weighted by Crippen LogP contribution is 2.52. The molecule has 2 heterocycles. The molecule has 9 nitrogen and oxygen atoms in total. The van der Waals surface area contributed by atoms with Crippen LogP contribution in [0.25, 0.3) is 23.0 Å². The SMILES string of the molecule is COc1cc(C(=O)NC[C@](CC=O)(c2cc3c(c(-c4cc(C)c(F)c(F)c4)n2)OC[C@]3(C)C(N)=O)C2CC2)c/c(=C/NC2(F)CC2)c1=C1CC1. The molecule has 3 aliphatic carbocycles. The van der Waals surface area contributed by atoms with E-state index in [2.05, 4.69) is 10.6 Å². The zero-order chi connectivity index (χ0) is 35.6. The molecule has 1 aromatic heterocycles. The summed E-state index contributed by atoms with van der Waals surface area (Å²) >= 11 is 0. The minimum absolute atomic E-state index is 0.00224. The van der Waals surface area contributed by atoms with Crippen LogP contribution in [0.15, 0.2) is 30.3 Å². The molecule has 0 radical (unpaired) electrons. The van der Waals surface area contributed by atoms with Gasteiger partial charge in [0.15, 0.2) is 17.4 Å². The molecule has 0 bridgehead atoms. The molecule has 12 heteroatoms. The van der Waals surface area contributed by atoms with E-state index >= 15 is 0 Å². The Labute approximate surface area is 287 Å². The first-order valence-electron chi connectivity index (χ1n) is 16.9. The van der Waals surface area contributed by atoms with Gasteiger partial charge in [0.2, 0.25) is 5.91 Å². The minimum Gasteiger partial charge on any atom is -0.496 e. The summed E-state index contributed by atoms with van der Waals surface area (Å²) in [6, 6.07) is 7.52. The average Bonchev–Trinajstić information content (AvgIpc) is 3.98. The third-order valence-corrected chi connectivity index (χ3v) is 10.6. The summed E-state index contributed by atoms with van der Waals surface area (Å²) in [7, 11) is 1.52. The first kappa shape index (κ1) is 33.6. The quantitative estimate of drug-likeness (QED) is 0.195. The number of halogens is 3. The van der Waals surface area contributed by atoms with Crippen molar-refractivity contribution in [2.24, 2.45) is 11.7 Å². The Hall–Kier alpha value is -4.87. The number of pyridine rings is 1. The molecule has 4 N–H and O–H groups in total. The Balaban J connectivity index is 1.31. The normalized spacial score (nSPS) is 21.5. The number of aryl methyl sites for hydroxylation is 1.